The minimum atomic E-state index is -0.384. The monoisotopic (exact) mass is 253 g/mol. The van der Waals surface area contributed by atoms with E-state index in [2.05, 4.69) is 16.4 Å². The maximum Gasteiger partial charge on any atom is 0.307 e. The predicted octanol–water partition coefficient (Wildman–Crippen LogP) is -2.98. The van der Waals surface area contributed by atoms with Gasteiger partial charge in [0.05, 0.1) is 26.2 Å². The number of hydrogen-bond acceptors (Lipinski definition) is 8. The highest BCUT2D eigenvalue weighted by molar-refractivity contribution is 5.69. The average molecular weight is 253 g/mol. The van der Waals surface area contributed by atoms with Crippen LogP contribution in [0.25, 0.3) is 0 Å². The average Bonchev–Trinajstić information content (AvgIpc) is 2.36. The van der Waals surface area contributed by atoms with Gasteiger partial charge in [-0.25, -0.2) is 0 Å². The summed E-state index contributed by atoms with van der Waals surface area (Å²) in [4.78, 5) is 12.8. The van der Waals surface area contributed by atoms with Crippen molar-refractivity contribution >= 4 is 5.97 Å². The highest BCUT2D eigenvalue weighted by atomic mass is 16.5. The third-order valence-electron chi connectivity index (χ3n) is 1.82. The fraction of sp³-hybridized carbons (Fsp3) is 0.889. The summed E-state index contributed by atoms with van der Waals surface area (Å²) >= 11 is 0. The molecule has 0 spiro atoms. The van der Waals surface area contributed by atoms with E-state index in [4.69, 9.17) is 15.3 Å². The molecule has 0 atom stereocenters. The van der Waals surface area contributed by atoms with Crippen LogP contribution in [0.1, 0.15) is 6.42 Å². The van der Waals surface area contributed by atoms with Gasteiger partial charge in [0.25, 0.3) is 0 Å². The molecule has 104 valence electrons. The molecule has 0 heterocycles. The van der Waals surface area contributed by atoms with Gasteiger partial charge in [-0.1, -0.05) is 0 Å². The highest BCUT2D eigenvalue weighted by Gasteiger charge is 2.07. The van der Waals surface area contributed by atoms with E-state index in [9.17, 15) is 4.79 Å². The van der Waals surface area contributed by atoms with Gasteiger partial charge < -0.3 is 20.1 Å². The van der Waals surface area contributed by atoms with E-state index < -0.39 is 0 Å². The van der Waals surface area contributed by atoms with Crippen molar-refractivity contribution in [2.45, 2.75) is 6.42 Å². The molecule has 0 fully saturated rings. The van der Waals surface area contributed by atoms with E-state index in [1.165, 1.54) is 0 Å². The van der Waals surface area contributed by atoms with Gasteiger partial charge >= 0.3 is 5.97 Å². The number of hydrogen-bond donors (Lipinski definition) is 5. The zero-order chi connectivity index (χ0) is 13.5. The van der Waals surface area contributed by atoms with E-state index in [1.54, 1.807) is 4.90 Å². The Kier molecular flexibility index (Phi) is 16.7. The summed E-state index contributed by atoms with van der Waals surface area (Å²) in [5.41, 5.74) is 0. The maximum atomic E-state index is 11.0. The minimum Gasteiger partial charge on any atom is -0.463 e. The van der Waals surface area contributed by atoms with Gasteiger partial charge in [-0.15, -0.1) is 0 Å². The van der Waals surface area contributed by atoms with Crippen LogP contribution in [0.3, 0.4) is 0 Å². The van der Waals surface area contributed by atoms with E-state index in [0.717, 1.165) is 0 Å². The Morgan fingerprint density at radius 1 is 1.00 bits per heavy atom. The summed E-state index contributed by atoms with van der Waals surface area (Å²) in [7, 11) is 0. The molecule has 0 saturated heterocycles. The number of ether oxygens (including phenoxy) is 1. The lowest BCUT2D eigenvalue weighted by Gasteiger charge is -2.19. The van der Waals surface area contributed by atoms with Crippen LogP contribution in [0, 0.1) is 0 Å². The molecule has 0 aliphatic heterocycles. The molecule has 0 aliphatic carbocycles. The first-order valence-electron chi connectivity index (χ1n) is 5.28. The number of nitrogens with two attached hydrogens (primary N) is 2. The van der Waals surface area contributed by atoms with Crippen molar-refractivity contribution in [1.29, 1.82) is 0 Å². The van der Waals surface area contributed by atoms with Crippen molar-refractivity contribution in [3.05, 3.63) is 0 Å². The Morgan fingerprint density at radius 2 is 1.53 bits per heavy atom. The van der Waals surface area contributed by atoms with Crippen LogP contribution in [0.4, 0.5) is 0 Å². The van der Waals surface area contributed by atoms with Gasteiger partial charge in [0, 0.05) is 19.6 Å². The molecule has 17 heavy (non-hydrogen) atoms. The number of carbonyl (C=O) groups is 1. The van der Waals surface area contributed by atoms with E-state index in [1.807, 2.05) is 0 Å². The van der Waals surface area contributed by atoms with Crippen LogP contribution in [0.5, 0.6) is 0 Å². The van der Waals surface area contributed by atoms with E-state index in [-0.39, 0.29) is 38.8 Å². The SMILES string of the molecule is NN.O=C(CCN(CCO)CCO)OCCO. The third-order valence-corrected chi connectivity index (χ3v) is 1.82. The Balaban J connectivity index is 0. The molecule has 0 radical (unpaired) electrons. The largest absolute Gasteiger partial charge is 0.463 e. The van der Waals surface area contributed by atoms with Crippen LogP contribution in [-0.4, -0.2) is 72.3 Å². The lowest BCUT2D eigenvalue weighted by molar-refractivity contribution is -0.145. The number of aliphatic hydroxyl groups excluding tert-OH is 3. The smallest absolute Gasteiger partial charge is 0.307 e. The number of hydrazine groups is 1. The zero-order valence-electron chi connectivity index (χ0n) is 9.92. The molecular formula is C9H23N3O5. The second-order valence-corrected chi connectivity index (χ2v) is 2.98. The molecule has 0 bridgehead atoms. The number of aliphatic hydroxyl groups is 3. The Morgan fingerprint density at radius 3 is 1.94 bits per heavy atom. The van der Waals surface area contributed by atoms with Gasteiger partial charge in [0.2, 0.25) is 0 Å². The van der Waals surface area contributed by atoms with E-state index in [0.29, 0.717) is 19.6 Å². The number of rotatable bonds is 9. The summed E-state index contributed by atoms with van der Waals surface area (Å²) in [6.07, 6.45) is 0.194. The molecule has 0 aliphatic rings. The Bertz CT molecular complexity index is 165. The molecule has 0 rings (SSSR count). The summed E-state index contributed by atoms with van der Waals surface area (Å²) in [5, 5.41) is 25.8. The van der Waals surface area contributed by atoms with Crippen molar-refractivity contribution in [3.63, 3.8) is 0 Å². The van der Waals surface area contributed by atoms with Crippen LogP contribution in [-0.2, 0) is 9.53 Å². The molecule has 7 N–H and O–H groups in total. The number of nitrogens with zero attached hydrogens (tertiary/aromatic N) is 1. The van der Waals surface area contributed by atoms with Gasteiger partial charge in [-0.2, -0.15) is 0 Å². The standard InChI is InChI=1S/C9H19NO5.H4N2/c11-5-3-10(4-6-12)2-1-9(14)15-8-7-13;1-2/h11-13H,1-8H2;1-2H2. The minimum absolute atomic E-state index is 0.00825. The van der Waals surface area contributed by atoms with Gasteiger partial charge in [0.15, 0.2) is 0 Å². The number of carbonyl (C=O) groups excluding carboxylic acids is 1. The molecule has 0 amide bonds. The fourth-order valence-corrected chi connectivity index (χ4v) is 1.10. The van der Waals surface area contributed by atoms with Crippen molar-refractivity contribution in [3.8, 4) is 0 Å². The molecule has 0 aromatic rings. The van der Waals surface area contributed by atoms with Crippen molar-refractivity contribution < 1.29 is 24.9 Å². The summed E-state index contributed by atoms with van der Waals surface area (Å²) in [6.45, 7) is 1.10. The molecule has 8 nitrogen and oxygen atoms in total. The second-order valence-electron chi connectivity index (χ2n) is 2.98. The maximum absolute atomic E-state index is 11.0. The molecular weight excluding hydrogens is 230 g/mol. The second kappa shape index (κ2) is 15.2. The first kappa shape index (κ1) is 18.6. The van der Waals surface area contributed by atoms with Crippen LogP contribution in [0.2, 0.25) is 0 Å². The lowest BCUT2D eigenvalue weighted by Crippen LogP contribution is -2.32. The highest BCUT2D eigenvalue weighted by Crippen LogP contribution is 1.93. The predicted molar refractivity (Wildman–Crippen MR) is 61.6 cm³/mol. The normalized spacial score (nSPS) is 9.76. The van der Waals surface area contributed by atoms with Crippen molar-refractivity contribution in [1.82, 2.24) is 4.90 Å². The topological polar surface area (TPSA) is 142 Å². The van der Waals surface area contributed by atoms with Gasteiger partial charge in [-0.05, 0) is 0 Å². The van der Waals surface area contributed by atoms with Gasteiger partial charge in [-0.3, -0.25) is 21.4 Å². The summed E-state index contributed by atoms with van der Waals surface area (Å²) in [5.74, 6) is 7.62. The van der Waals surface area contributed by atoms with Crippen LogP contribution in [0.15, 0.2) is 0 Å². The molecule has 0 aromatic carbocycles. The summed E-state index contributed by atoms with van der Waals surface area (Å²) in [6, 6.07) is 0. The zero-order valence-corrected chi connectivity index (χ0v) is 9.92. The van der Waals surface area contributed by atoms with Gasteiger partial charge in [0.1, 0.15) is 6.61 Å². The Hall–Kier alpha value is -0.770. The van der Waals surface area contributed by atoms with Crippen molar-refractivity contribution in [2.75, 3.05) is 46.1 Å². The van der Waals surface area contributed by atoms with Crippen molar-refractivity contribution in [2.24, 2.45) is 11.7 Å². The lowest BCUT2D eigenvalue weighted by atomic mass is 10.3. The molecule has 0 aromatic heterocycles. The van der Waals surface area contributed by atoms with Crippen LogP contribution >= 0.6 is 0 Å². The first-order chi connectivity index (χ1) is 8.24. The third kappa shape index (κ3) is 13.2. The Labute approximate surface area is 101 Å². The summed E-state index contributed by atoms with van der Waals surface area (Å²) < 4.78 is 4.66. The molecule has 0 unspecified atom stereocenters. The molecule has 8 heteroatoms. The fourth-order valence-electron chi connectivity index (χ4n) is 1.10. The van der Waals surface area contributed by atoms with Crippen LogP contribution < -0.4 is 11.7 Å². The quantitative estimate of drug-likeness (QED) is 0.166. The van der Waals surface area contributed by atoms with E-state index >= 15 is 0 Å². The number of esters is 1. The first-order valence-corrected chi connectivity index (χ1v) is 5.28. The molecule has 0 saturated carbocycles.